The number of anilines is 1. The third-order valence-electron chi connectivity index (χ3n) is 4.84. The van der Waals surface area contributed by atoms with E-state index in [1.165, 1.54) is 0 Å². The molecule has 1 aliphatic rings. The molecule has 4 rings (SSSR count). The van der Waals surface area contributed by atoms with Gasteiger partial charge in [0.25, 0.3) is 0 Å². The smallest absolute Gasteiger partial charge is 0.162 e. The lowest BCUT2D eigenvalue weighted by Gasteiger charge is -2.20. The molecule has 1 saturated heterocycles. The van der Waals surface area contributed by atoms with Gasteiger partial charge in [0.1, 0.15) is 17.9 Å². The average molecular weight is 366 g/mol. The Kier molecular flexibility index (Phi) is 4.91. The van der Waals surface area contributed by atoms with Gasteiger partial charge >= 0.3 is 0 Å². The molecule has 0 aliphatic carbocycles. The maximum Gasteiger partial charge on any atom is 0.162 e. The lowest BCUT2D eigenvalue weighted by Crippen LogP contribution is -2.23. The van der Waals surface area contributed by atoms with E-state index in [-0.39, 0.29) is 0 Å². The van der Waals surface area contributed by atoms with Gasteiger partial charge in [0.15, 0.2) is 11.5 Å². The number of methoxy groups -OCH3 is 2. The van der Waals surface area contributed by atoms with Gasteiger partial charge in [-0.3, -0.25) is 4.98 Å². The van der Waals surface area contributed by atoms with Crippen molar-refractivity contribution in [3.63, 3.8) is 0 Å². The van der Waals surface area contributed by atoms with Gasteiger partial charge in [-0.1, -0.05) is 0 Å². The molecule has 0 N–H and O–H groups in total. The highest BCUT2D eigenvalue weighted by molar-refractivity contribution is 5.92. The van der Waals surface area contributed by atoms with Crippen LogP contribution in [0, 0.1) is 5.92 Å². The number of hydrogen-bond acceptors (Lipinski definition) is 7. The Labute approximate surface area is 157 Å². The van der Waals surface area contributed by atoms with E-state index in [2.05, 4.69) is 19.9 Å². The predicted molar refractivity (Wildman–Crippen MR) is 103 cm³/mol. The maximum atomic E-state index is 5.89. The Bertz CT molecular complexity index is 920. The van der Waals surface area contributed by atoms with Crippen molar-refractivity contribution in [2.24, 2.45) is 5.92 Å². The first kappa shape index (κ1) is 17.3. The molecule has 1 unspecified atom stereocenters. The van der Waals surface area contributed by atoms with Crippen molar-refractivity contribution in [1.82, 2.24) is 15.0 Å². The molecule has 0 radical (unpaired) electrons. The maximum absolute atomic E-state index is 5.89. The molecular formula is C20H22N4O3. The molecule has 1 fully saturated rings. The minimum absolute atomic E-state index is 0.448. The van der Waals surface area contributed by atoms with E-state index in [9.17, 15) is 0 Å². The third kappa shape index (κ3) is 3.58. The number of rotatable bonds is 6. The summed E-state index contributed by atoms with van der Waals surface area (Å²) in [6, 6.07) is 7.60. The Hall–Kier alpha value is -3.09. The van der Waals surface area contributed by atoms with Gasteiger partial charge in [0, 0.05) is 42.9 Å². The highest BCUT2D eigenvalue weighted by Crippen LogP contribution is 2.36. The summed E-state index contributed by atoms with van der Waals surface area (Å²) in [7, 11) is 3.26. The quantitative estimate of drug-likeness (QED) is 0.664. The van der Waals surface area contributed by atoms with Crippen molar-refractivity contribution in [3.8, 4) is 17.2 Å². The fraction of sp³-hybridized carbons (Fsp3) is 0.350. The fourth-order valence-corrected chi connectivity index (χ4v) is 3.43. The van der Waals surface area contributed by atoms with Crippen molar-refractivity contribution >= 4 is 16.7 Å². The molecule has 3 aromatic rings. The van der Waals surface area contributed by atoms with E-state index >= 15 is 0 Å². The van der Waals surface area contributed by atoms with Gasteiger partial charge in [-0.2, -0.15) is 0 Å². The molecule has 0 bridgehead atoms. The molecule has 1 aliphatic heterocycles. The molecular weight excluding hydrogens is 344 g/mol. The van der Waals surface area contributed by atoms with E-state index in [0.717, 1.165) is 42.0 Å². The highest BCUT2D eigenvalue weighted by Gasteiger charge is 2.26. The third-order valence-corrected chi connectivity index (χ3v) is 4.84. The van der Waals surface area contributed by atoms with E-state index in [0.29, 0.717) is 24.0 Å². The molecule has 0 amide bonds. The number of hydrogen-bond donors (Lipinski definition) is 0. The van der Waals surface area contributed by atoms with Crippen LogP contribution in [0.3, 0.4) is 0 Å². The van der Waals surface area contributed by atoms with E-state index in [1.807, 2.05) is 24.3 Å². The summed E-state index contributed by atoms with van der Waals surface area (Å²) in [6.45, 7) is 2.51. The van der Waals surface area contributed by atoms with Gasteiger partial charge in [0.2, 0.25) is 0 Å². The van der Waals surface area contributed by atoms with Gasteiger partial charge in [-0.15, -0.1) is 0 Å². The Balaban J connectivity index is 1.52. The monoisotopic (exact) mass is 366 g/mol. The van der Waals surface area contributed by atoms with Crippen LogP contribution in [0.1, 0.15) is 6.42 Å². The topological polar surface area (TPSA) is 69.6 Å². The summed E-state index contributed by atoms with van der Waals surface area (Å²) in [5.74, 6) is 3.57. The fourth-order valence-electron chi connectivity index (χ4n) is 3.43. The summed E-state index contributed by atoms with van der Waals surface area (Å²) < 4.78 is 16.7. The summed E-state index contributed by atoms with van der Waals surface area (Å²) in [4.78, 5) is 15.2. The van der Waals surface area contributed by atoms with Crippen LogP contribution in [-0.2, 0) is 0 Å². The SMILES string of the molecule is COc1cc2ncnc(N3CCC(COc4ccncc4)C3)c2cc1OC. The Morgan fingerprint density at radius 3 is 2.63 bits per heavy atom. The molecule has 1 aromatic carbocycles. The van der Waals surface area contributed by atoms with Gasteiger partial charge in [-0.05, 0) is 24.6 Å². The summed E-state index contributed by atoms with van der Waals surface area (Å²) in [6.07, 6.45) is 6.14. The first-order valence-corrected chi connectivity index (χ1v) is 8.93. The predicted octanol–water partition coefficient (Wildman–Crippen LogP) is 2.95. The molecule has 7 heteroatoms. The number of ether oxygens (including phenoxy) is 3. The minimum atomic E-state index is 0.448. The Morgan fingerprint density at radius 2 is 1.85 bits per heavy atom. The highest BCUT2D eigenvalue weighted by atomic mass is 16.5. The van der Waals surface area contributed by atoms with Crippen LogP contribution >= 0.6 is 0 Å². The number of pyridine rings is 1. The van der Waals surface area contributed by atoms with Crippen molar-refractivity contribution in [1.29, 1.82) is 0 Å². The van der Waals surface area contributed by atoms with Gasteiger partial charge in [-0.25, -0.2) is 9.97 Å². The van der Waals surface area contributed by atoms with Crippen LogP contribution in [0.4, 0.5) is 5.82 Å². The van der Waals surface area contributed by atoms with Gasteiger partial charge < -0.3 is 19.1 Å². The average Bonchev–Trinajstić information content (AvgIpc) is 3.20. The second-order valence-electron chi connectivity index (χ2n) is 6.52. The molecule has 1 atom stereocenters. The van der Waals surface area contributed by atoms with Gasteiger partial charge in [0.05, 0.1) is 26.3 Å². The second-order valence-corrected chi connectivity index (χ2v) is 6.52. The first-order valence-electron chi connectivity index (χ1n) is 8.93. The summed E-state index contributed by atoms with van der Waals surface area (Å²) >= 11 is 0. The van der Waals surface area contributed by atoms with Crippen LogP contribution in [0.15, 0.2) is 43.0 Å². The number of fused-ring (bicyclic) bond motifs is 1. The van der Waals surface area contributed by atoms with E-state index in [4.69, 9.17) is 14.2 Å². The first-order chi connectivity index (χ1) is 13.3. The minimum Gasteiger partial charge on any atom is -0.493 e. The largest absolute Gasteiger partial charge is 0.493 e. The molecule has 0 spiro atoms. The van der Waals surface area contributed by atoms with Crippen molar-refractivity contribution < 1.29 is 14.2 Å². The number of aromatic nitrogens is 3. The summed E-state index contributed by atoms with van der Waals surface area (Å²) in [5.41, 5.74) is 0.842. The summed E-state index contributed by atoms with van der Waals surface area (Å²) in [5, 5.41) is 0.964. The second kappa shape index (κ2) is 7.65. The van der Waals surface area contributed by atoms with Crippen LogP contribution in [0.25, 0.3) is 10.9 Å². The van der Waals surface area contributed by atoms with E-state index in [1.54, 1.807) is 32.9 Å². The number of nitrogens with zero attached hydrogens (tertiary/aromatic N) is 4. The van der Waals surface area contributed by atoms with E-state index < -0.39 is 0 Å². The zero-order chi connectivity index (χ0) is 18.6. The van der Waals surface area contributed by atoms with Crippen LogP contribution in [0.2, 0.25) is 0 Å². The molecule has 140 valence electrons. The number of benzene rings is 1. The molecule has 3 heterocycles. The van der Waals surface area contributed by atoms with Crippen molar-refractivity contribution in [2.75, 3.05) is 38.8 Å². The molecule has 2 aromatic heterocycles. The molecule has 27 heavy (non-hydrogen) atoms. The van der Waals surface area contributed by atoms with Crippen molar-refractivity contribution in [2.45, 2.75) is 6.42 Å². The molecule has 7 nitrogen and oxygen atoms in total. The van der Waals surface area contributed by atoms with Crippen LogP contribution < -0.4 is 19.1 Å². The standard InChI is InChI=1S/C20H22N4O3/c1-25-18-9-16-17(10-19(18)26-2)22-13-23-20(16)24-8-5-14(11-24)12-27-15-3-6-21-7-4-15/h3-4,6-7,9-10,13-14H,5,8,11-12H2,1-2H3. The molecule has 0 saturated carbocycles. The van der Waals surface area contributed by atoms with Crippen LogP contribution in [-0.4, -0.2) is 48.9 Å². The zero-order valence-corrected chi connectivity index (χ0v) is 15.5. The van der Waals surface area contributed by atoms with Crippen LogP contribution in [0.5, 0.6) is 17.2 Å². The van der Waals surface area contributed by atoms with Crippen molar-refractivity contribution in [3.05, 3.63) is 43.0 Å². The zero-order valence-electron chi connectivity index (χ0n) is 15.5. The normalized spacial score (nSPS) is 16.5. The lowest BCUT2D eigenvalue weighted by atomic mass is 10.1. The lowest BCUT2D eigenvalue weighted by molar-refractivity contribution is 0.261. The Morgan fingerprint density at radius 1 is 1.07 bits per heavy atom.